The molecule has 0 aliphatic carbocycles. The second-order valence-electron chi connectivity index (χ2n) is 4.28. The van der Waals surface area contributed by atoms with Crippen molar-refractivity contribution in [3.05, 3.63) is 35.9 Å². The van der Waals surface area contributed by atoms with E-state index in [4.69, 9.17) is 9.47 Å². The number of aromatic carboxylic acids is 1. The number of esters is 2. The second-order valence-corrected chi connectivity index (χ2v) is 4.28. The van der Waals surface area contributed by atoms with E-state index in [1.807, 2.05) is 0 Å². The maximum Gasteiger partial charge on any atom is 0.336 e. The Hall–Kier alpha value is -2.89. The number of fused-ring (bicyclic) bond motifs is 1. The van der Waals surface area contributed by atoms with Crippen LogP contribution >= 0.6 is 0 Å². The molecule has 2 rings (SSSR count). The predicted molar refractivity (Wildman–Crippen MR) is 73.5 cm³/mol. The zero-order valence-corrected chi connectivity index (χ0v) is 11.4. The average Bonchev–Trinajstić information content (AvgIpc) is 2.39. The highest BCUT2D eigenvalue weighted by Crippen LogP contribution is 2.36. The number of carbonyl (C=O) groups excluding carboxylic acids is 2. The fourth-order valence-corrected chi connectivity index (χ4v) is 2.01. The van der Waals surface area contributed by atoms with Crippen LogP contribution in [0.15, 0.2) is 30.3 Å². The molecule has 0 spiro atoms. The number of ether oxygens (including phenoxy) is 2. The van der Waals surface area contributed by atoms with Gasteiger partial charge >= 0.3 is 17.9 Å². The van der Waals surface area contributed by atoms with Gasteiger partial charge in [-0.2, -0.15) is 0 Å². The van der Waals surface area contributed by atoms with Gasteiger partial charge in [-0.25, -0.2) is 4.79 Å². The molecule has 0 atom stereocenters. The SMILES string of the molecule is CC(=O)Oc1ccc(OC(C)=O)c2c(C(=O)O)cccc12. The first-order chi connectivity index (χ1) is 9.90. The van der Waals surface area contributed by atoms with Crippen LogP contribution < -0.4 is 9.47 Å². The molecule has 0 aromatic heterocycles. The van der Waals surface area contributed by atoms with Gasteiger partial charge < -0.3 is 14.6 Å². The van der Waals surface area contributed by atoms with Gasteiger partial charge in [-0.1, -0.05) is 12.1 Å². The topological polar surface area (TPSA) is 89.9 Å². The summed E-state index contributed by atoms with van der Waals surface area (Å²) < 4.78 is 10.1. The average molecular weight is 288 g/mol. The Morgan fingerprint density at radius 3 is 2.05 bits per heavy atom. The first kappa shape index (κ1) is 14.5. The van der Waals surface area contributed by atoms with Gasteiger partial charge in [0.05, 0.1) is 5.56 Å². The number of hydrogen-bond acceptors (Lipinski definition) is 5. The monoisotopic (exact) mass is 288 g/mol. The fraction of sp³-hybridized carbons (Fsp3) is 0.133. The maximum atomic E-state index is 11.3. The summed E-state index contributed by atoms with van der Waals surface area (Å²) in [4.78, 5) is 33.6. The largest absolute Gasteiger partial charge is 0.478 e. The van der Waals surface area contributed by atoms with Crippen LogP contribution in [0.3, 0.4) is 0 Å². The minimum absolute atomic E-state index is 0.0437. The molecule has 0 radical (unpaired) electrons. The van der Waals surface area contributed by atoms with Gasteiger partial charge in [0.25, 0.3) is 0 Å². The summed E-state index contributed by atoms with van der Waals surface area (Å²) in [5.74, 6) is -1.97. The molecule has 0 heterocycles. The van der Waals surface area contributed by atoms with E-state index in [-0.39, 0.29) is 22.4 Å². The second kappa shape index (κ2) is 5.62. The lowest BCUT2D eigenvalue weighted by molar-refractivity contribution is -0.132. The van der Waals surface area contributed by atoms with Crippen molar-refractivity contribution in [1.29, 1.82) is 0 Å². The number of rotatable bonds is 3. The zero-order chi connectivity index (χ0) is 15.6. The Morgan fingerprint density at radius 2 is 1.48 bits per heavy atom. The molecule has 1 N–H and O–H groups in total. The summed E-state index contributed by atoms with van der Waals surface area (Å²) in [6.07, 6.45) is 0. The third-order valence-electron chi connectivity index (χ3n) is 2.70. The molecule has 0 saturated heterocycles. The molecular formula is C15H12O6. The molecule has 2 aromatic carbocycles. The van der Waals surface area contributed by atoms with Gasteiger partial charge in [0, 0.05) is 24.6 Å². The van der Waals surface area contributed by atoms with Crippen molar-refractivity contribution in [2.75, 3.05) is 0 Å². The molecule has 0 amide bonds. The first-order valence-corrected chi connectivity index (χ1v) is 6.06. The molecule has 0 saturated carbocycles. The Kier molecular flexibility index (Phi) is 3.89. The first-order valence-electron chi connectivity index (χ1n) is 6.06. The summed E-state index contributed by atoms with van der Waals surface area (Å²) in [5, 5.41) is 9.85. The third kappa shape index (κ3) is 3.00. The van der Waals surface area contributed by atoms with E-state index in [1.54, 1.807) is 6.07 Å². The number of carboxylic acids is 1. The van der Waals surface area contributed by atoms with E-state index in [1.165, 1.54) is 38.1 Å². The van der Waals surface area contributed by atoms with Crippen molar-refractivity contribution in [2.45, 2.75) is 13.8 Å². The van der Waals surface area contributed by atoms with Gasteiger partial charge in [-0.05, 0) is 18.2 Å². The van der Waals surface area contributed by atoms with Crippen molar-refractivity contribution in [1.82, 2.24) is 0 Å². The Morgan fingerprint density at radius 1 is 0.905 bits per heavy atom. The van der Waals surface area contributed by atoms with E-state index in [2.05, 4.69) is 0 Å². The van der Waals surface area contributed by atoms with E-state index in [0.29, 0.717) is 5.39 Å². The summed E-state index contributed by atoms with van der Waals surface area (Å²) >= 11 is 0. The van der Waals surface area contributed by atoms with Crippen molar-refractivity contribution in [2.24, 2.45) is 0 Å². The molecule has 0 bridgehead atoms. The van der Waals surface area contributed by atoms with Gasteiger partial charge in [0.15, 0.2) is 0 Å². The minimum Gasteiger partial charge on any atom is -0.478 e. The van der Waals surface area contributed by atoms with Crippen molar-refractivity contribution < 1.29 is 29.0 Å². The smallest absolute Gasteiger partial charge is 0.336 e. The molecule has 2 aromatic rings. The Bertz CT molecular complexity index is 747. The fourth-order valence-electron chi connectivity index (χ4n) is 2.01. The summed E-state index contributed by atoms with van der Waals surface area (Å²) in [7, 11) is 0. The molecule has 0 aliphatic rings. The molecular weight excluding hydrogens is 276 g/mol. The minimum atomic E-state index is -1.17. The van der Waals surface area contributed by atoms with Crippen LogP contribution in [0.5, 0.6) is 11.5 Å². The Labute approximate surface area is 119 Å². The predicted octanol–water partition coefficient (Wildman–Crippen LogP) is 2.39. The quantitative estimate of drug-likeness (QED) is 0.689. The van der Waals surface area contributed by atoms with Crippen LogP contribution in [-0.4, -0.2) is 23.0 Å². The third-order valence-corrected chi connectivity index (χ3v) is 2.70. The van der Waals surface area contributed by atoms with Gasteiger partial charge in [0.2, 0.25) is 0 Å². The number of carbonyl (C=O) groups is 3. The van der Waals surface area contributed by atoms with Gasteiger partial charge in [-0.15, -0.1) is 0 Å². The highest BCUT2D eigenvalue weighted by atomic mass is 16.5. The van der Waals surface area contributed by atoms with E-state index in [9.17, 15) is 19.5 Å². The normalized spacial score (nSPS) is 10.2. The van der Waals surface area contributed by atoms with E-state index in [0.717, 1.165) is 0 Å². The standard InChI is InChI=1S/C15H12O6/c1-8(16)20-12-6-7-13(21-9(2)17)14-10(12)4-3-5-11(14)15(18)19/h3-7H,1-2H3,(H,18,19). The zero-order valence-electron chi connectivity index (χ0n) is 11.4. The molecule has 6 heteroatoms. The number of benzene rings is 2. The van der Waals surface area contributed by atoms with Gasteiger partial charge in [-0.3, -0.25) is 9.59 Å². The highest BCUT2D eigenvalue weighted by Gasteiger charge is 2.17. The molecule has 0 unspecified atom stereocenters. The molecule has 21 heavy (non-hydrogen) atoms. The van der Waals surface area contributed by atoms with Crippen molar-refractivity contribution in [3.8, 4) is 11.5 Å². The van der Waals surface area contributed by atoms with Crippen LogP contribution in [0.2, 0.25) is 0 Å². The lowest BCUT2D eigenvalue weighted by Gasteiger charge is -2.12. The molecule has 108 valence electrons. The van der Waals surface area contributed by atoms with Crippen LogP contribution in [0, 0.1) is 0 Å². The summed E-state index contributed by atoms with van der Waals surface area (Å²) in [6.45, 7) is 2.46. The number of hydrogen-bond donors (Lipinski definition) is 1. The van der Waals surface area contributed by atoms with Crippen LogP contribution in [0.1, 0.15) is 24.2 Å². The molecule has 6 nitrogen and oxygen atoms in total. The highest BCUT2D eigenvalue weighted by molar-refractivity contribution is 6.09. The lowest BCUT2D eigenvalue weighted by Crippen LogP contribution is -2.07. The van der Waals surface area contributed by atoms with Crippen LogP contribution in [0.4, 0.5) is 0 Å². The van der Waals surface area contributed by atoms with Crippen LogP contribution in [0.25, 0.3) is 10.8 Å². The lowest BCUT2D eigenvalue weighted by atomic mass is 10.0. The van der Waals surface area contributed by atoms with Crippen molar-refractivity contribution in [3.63, 3.8) is 0 Å². The van der Waals surface area contributed by atoms with E-state index >= 15 is 0 Å². The summed E-state index contributed by atoms with van der Waals surface area (Å²) in [6, 6.07) is 7.35. The molecule has 0 aliphatic heterocycles. The number of carboxylic acid groups (broad SMARTS) is 1. The Balaban J connectivity index is 2.78. The van der Waals surface area contributed by atoms with E-state index < -0.39 is 17.9 Å². The maximum absolute atomic E-state index is 11.3. The van der Waals surface area contributed by atoms with Crippen LogP contribution in [-0.2, 0) is 9.59 Å². The molecule has 0 fully saturated rings. The summed E-state index contributed by atoms with van der Waals surface area (Å²) in [5.41, 5.74) is -0.0437. The van der Waals surface area contributed by atoms with Gasteiger partial charge in [0.1, 0.15) is 11.5 Å². The van der Waals surface area contributed by atoms with Crippen molar-refractivity contribution >= 4 is 28.7 Å².